The first-order valence-corrected chi connectivity index (χ1v) is 8.38. The minimum atomic E-state index is -0.0995. The summed E-state index contributed by atoms with van der Waals surface area (Å²) in [5.74, 6) is 0.882. The molecule has 0 radical (unpaired) electrons. The molecule has 8 heteroatoms. The fourth-order valence-corrected chi connectivity index (χ4v) is 3.00. The second kappa shape index (κ2) is 7.31. The summed E-state index contributed by atoms with van der Waals surface area (Å²) < 4.78 is 6.89. The molecule has 0 bridgehead atoms. The third-order valence-electron chi connectivity index (χ3n) is 3.22. The van der Waals surface area contributed by atoms with Crippen molar-refractivity contribution in [3.05, 3.63) is 53.5 Å². The summed E-state index contributed by atoms with van der Waals surface area (Å²) in [6.45, 7) is 4.43. The zero-order chi connectivity index (χ0) is 16.9. The van der Waals surface area contributed by atoms with Gasteiger partial charge < -0.3 is 9.73 Å². The number of furan rings is 1. The lowest BCUT2D eigenvalue weighted by molar-refractivity contribution is -0.113. The first-order valence-electron chi connectivity index (χ1n) is 7.39. The molecular weight excluding hydrogens is 326 g/mol. The van der Waals surface area contributed by atoms with Gasteiger partial charge >= 0.3 is 0 Å². The maximum atomic E-state index is 12.1. The molecule has 0 unspecified atom stereocenters. The molecule has 7 nitrogen and oxygen atoms in total. The number of rotatable bonds is 6. The standard InChI is InChI=1S/C16H17N5O2S/c1-11-6-12(2)8-13(7-11)17-15(22)10-24-16-18-19-20-21(16)9-14-4-3-5-23-14/h3-8H,9-10H2,1-2H3,(H,17,22). The Balaban J connectivity index is 1.57. The molecule has 24 heavy (non-hydrogen) atoms. The van der Waals surface area contributed by atoms with Gasteiger partial charge in [0.15, 0.2) is 0 Å². The van der Waals surface area contributed by atoms with Crippen molar-refractivity contribution in [2.45, 2.75) is 25.5 Å². The molecule has 0 saturated carbocycles. The van der Waals surface area contributed by atoms with Gasteiger partial charge in [-0.25, -0.2) is 4.68 Å². The number of aryl methyl sites for hydroxylation is 2. The molecule has 0 aliphatic rings. The number of anilines is 1. The van der Waals surface area contributed by atoms with Crippen molar-refractivity contribution in [2.75, 3.05) is 11.1 Å². The van der Waals surface area contributed by atoms with Gasteiger partial charge in [0.2, 0.25) is 11.1 Å². The summed E-state index contributed by atoms with van der Waals surface area (Å²) in [5, 5.41) is 15.0. The van der Waals surface area contributed by atoms with Gasteiger partial charge in [-0.1, -0.05) is 17.8 Å². The molecular formula is C16H17N5O2S. The second-order valence-electron chi connectivity index (χ2n) is 5.41. The molecule has 0 atom stereocenters. The number of thioether (sulfide) groups is 1. The van der Waals surface area contributed by atoms with Crippen molar-refractivity contribution in [3.63, 3.8) is 0 Å². The lowest BCUT2D eigenvalue weighted by Gasteiger charge is -2.07. The lowest BCUT2D eigenvalue weighted by atomic mass is 10.1. The van der Waals surface area contributed by atoms with Crippen LogP contribution in [0, 0.1) is 13.8 Å². The molecule has 0 saturated heterocycles. The van der Waals surface area contributed by atoms with Crippen LogP contribution in [0.3, 0.4) is 0 Å². The Bertz CT molecular complexity index is 809. The van der Waals surface area contributed by atoms with Gasteiger partial charge in [0.05, 0.1) is 12.0 Å². The Hall–Kier alpha value is -2.61. The largest absolute Gasteiger partial charge is 0.467 e. The molecule has 2 heterocycles. The van der Waals surface area contributed by atoms with Crippen LogP contribution in [-0.4, -0.2) is 31.9 Å². The predicted octanol–water partition coefficient (Wildman–Crippen LogP) is 2.66. The van der Waals surface area contributed by atoms with Gasteiger partial charge in [-0.05, 0) is 59.7 Å². The number of aromatic nitrogens is 4. The second-order valence-corrected chi connectivity index (χ2v) is 6.35. The molecule has 3 aromatic rings. The van der Waals surface area contributed by atoms with E-state index in [0.29, 0.717) is 11.7 Å². The van der Waals surface area contributed by atoms with Crippen molar-refractivity contribution in [3.8, 4) is 0 Å². The smallest absolute Gasteiger partial charge is 0.234 e. The monoisotopic (exact) mass is 343 g/mol. The van der Waals surface area contributed by atoms with Crippen LogP contribution in [0.4, 0.5) is 5.69 Å². The topological polar surface area (TPSA) is 85.8 Å². The zero-order valence-electron chi connectivity index (χ0n) is 13.4. The quantitative estimate of drug-likeness (QED) is 0.693. The van der Waals surface area contributed by atoms with Crippen LogP contribution >= 0.6 is 11.8 Å². The SMILES string of the molecule is Cc1cc(C)cc(NC(=O)CSc2nnnn2Cc2ccco2)c1. The average molecular weight is 343 g/mol. The highest BCUT2D eigenvalue weighted by atomic mass is 32.2. The van der Waals surface area contributed by atoms with Crippen LogP contribution in [0.25, 0.3) is 0 Å². The van der Waals surface area contributed by atoms with E-state index in [1.165, 1.54) is 11.8 Å². The molecule has 1 amide bonds. The third-order valence-corrected chi connectivity index (χ3v) is 4.18. The third kappa shape index (κ3) is 4.23. The zero-order valence-corrected chi connectivity index (χ0v) is 14.2. The van der Waals surface area contributed by atoms with Crippen LogP contribution in [0.1, 0.15) is 16.9 Å². The number of benzene rings is 1. The van der Waals surface area contributed by atoms with E-state index in [0.717, 1.165) is 22.6 Å². The molecule has 0 spiro atoms. The maximum absolute atomic E-state index is 12.1. The van der Waals surface area contributed by atoms with E-state index in [1.807, 2.05) is 38.1 Å². The molecule has 0 fully saturated rings. The van der Waals surface area contributed by atoms with Crippen molar-refractivity contribution >= 4 is 23.4 Å². The molecule has 3 rings (SSSR count). The lowest BCUT2D eigenvalue weighted by Crippen LogP contribution is -2.15. The Labute approximate surface area is 143 Å². The minimum Gasteiger partial charge on any atom is -0.467 e. The van der Waals surface area contributed by atoms with Gasteiger partial charge in [0.25, 0.3) is 0 Å². The summed E-state index contributed by atoms with van der Waals surface area (Å²) in [5.41, 5.74) is 3.02. The van der Waals surface area contributed by atoms with Gasteiger partial charge in [0.1, 0.15) is 12.3 Å². The summed E-state index contributed by atoms with van der Waals surface area (Å²) in [6.07, 6.45) is 1.60. The first kappa shape index (κ1) is 16.3. The number of hydrogen-bond acceptors (Lipinski definition) is 6. The van der Waals surface area contributed by atoms with Crippen molar-refractivity contribution in [1.29, 1.82) is 0 Å². The predicted molar refractivity (Wildman–Crippen MR) is 90.9 cm³/mol. The van der Waals surface area contributed by atoms with Crippen LogP contribution < -0.4 is 5.32 Å². The molecule has 0 aliphatic carbocycles. The highest BCUT2D eigenvalue weighted by Gasteiger charge is 2.11. The number of nitrogens with zero attached hydrogens (tertiary/aromatic N) is 4. The summed E-state index contributed by atoms with van der Waals surface area (Å²) in [4.78, 5) is 12.1. The fraction of sp³-hybridized carbons (Fsp3) is 0.250. The van der Waals surface area contributed by atoms with E-state index >= 15 is 0 Å². The number of amides is 1. The molecule has 1 aromatic carbocycles. The van der Waals surface area contributed by atoms with Gasteiger partial charge in [-0.15, -0.1) is 5.10 Å². The molecule has 124 valence electrons. The van der Waals surface area contributed by atoms with Crippen LogP contribution in [-0.2, 0) is 11.3 Å². The van der Waals surface area contributed by atoms with Crippen LogP contribution in [0.5, 0.6) is 0 Å². The fourth-order valence-electron chi connectivity index (χ4n) is 2.32. The van der Waals surface area contributed by atoms with E-state index < -0.39 is 0 Å². The van der Waals surface area contributed by atoms with Crippen LogP contribution in [0.15, 0.2) is 46.2 Å². The van der Waals surface area contributed by atoms with E-state index in [-0.39, 0.29) is 11.7 Å². The normalized spacial score (nSPS) is 10.8. The number of carbonyl (C=O) groups is 1. The molecule has 2 aromatic heterocycles. The van der Waals surface area contributed by atoms with Crippen molar-refractivity contribution < 1.29 is 9.21 Å². The maximum Gasteiger partial charge on any atom is 0.234 e. The van der Waals surface area contributed by atoms with Crippen LogP contribution in [0.2, 0.25) is 0 Å². The van der Waals surface area contributed by atoms with Crippen molar-refractivity contribution in [1.82, 2.24) is 20.2 Å². The number of tetrazole rings is 1. The van der Waals surface area contributed by atoms with E-state index in [4.69, 9.17) is 4.42 Å². The first-order chi connectivity index (χ1) is 11.6. The number of carbonyl (C=O) groups excluding carboxylic acids is 1. The minimum absolute atomic E-state index is 0.0995. The Morgan fingerprint density at radius 1 is 1.29 bits per heavy atom. The van der Waals surface area contributed by atoms with E-state index in [9.17, 15) is 4.79 Å². The Kier molecular flexibility index (Phi) is 4.95. The highest BCUT2D eigenvalue weighted by Crippen LogP contribution is 2.17. The molecule has 0 aliphatic heterocycles. The number of nitrogens with one attached hydrogen (secondary N) is 1. The summed E-state index contributed by atoms with van der Waals surface area (Å²) >= 11 is 1.28. The van der Waals surface area contributed by atoms with E-state index in [1.54, 1.807) is 10.9 Å². The van der Waals surface area contributed by atoms with Gasteiger partial charge in [-0.3, -0.25) is 4.79 Å². The Morgan fingerprint density at radius 2 is 2.08 bits per heavy atom. The van der Waals surface area contributed by atoms with Crippen molar-refractivity contribution in [2.24, 2.45) is 0 Å². The molecule has 1 N–H and O–H groups in total. The summed E-state index contributed by atoms with van der Waals surface area (Å²) in [7, 11) is 0. The number of hydrogen-bond donors (Lipinski definition) is 1. The van der Waals surface area contributed by atoms with E-state index in [2.05, 4.69) is 26.9 Å². The summed E-state index contributed by atoms with van der Waals surface area (Å²) in [6, 6.07) is 9.60. The highest BCUT2D eigenvalue weighted by molar-refractivity contribution is 7.99. The average Bonchev–Trinajstić information content (AvgIpc) is 3.16. The van der Waals surface area contributed by atoms with Gasteiger partial charge in [0, 0.05) is 5.69 Å². The Morgan fingerprint density at radius 3 is 2.79 bits per heavy atom. The van der Waals surface area contributed by atoms with Gasteiger partial charge in [-0.2, -0.15) is 0 Å².